The fourth-order valence-corrected chi connectivity index (χ4v) is 0.928. The molecule has 0 unspecified atom stereocenters. The van der Waals surface area contributed by atoms with Crippen molar-refractivity contribution in [2.75, 3.05) is 0 Å². The van der Waals surface area contributed by atoms with Crippen LogP contribution in [0.1, 0.15) is 18.2 Å². The predicted octanol–water partition coefficient (Wildman–Crippen LogP) is 0.0959. The molecule has 0 spiro atoms. The third-order valence-corrected chi connectivity index (χ3v) is 1.55. The first kappa shape index (κ1) is 9.60. The molecule has 1 atom stereocenters. The smallest absolute Gasteiger partial charge is 0.219 e. The molecule has 1 heterocycles. The molecule has 1 aromatic heterocycles. The Morgan fingerprint density at radius 2 is 2.31 bits per heavy atom. The summed E-state index contributed by atoms with van der Waals surface area (Å²) < 4.78 is 12.4. The van der Waals surface area contributed by atoms with Crippen molar-refractivity contribution in [1.29, 1.82) is 0 Å². The summed E-state index contributed by atoms with van der Waals surface area (Å²) in [4.78, 5) is 14.2. The maximum atomic E-state index is 12.4. The SMILES string of the molecule is NC(=O)C[C@@H](N)c1ccc(F)cn1. The number of nitrogens with zero attached hydrogens (tertiary/aromatic N) is 1. The number of carbonyl (C=O) groups excluding carboxylic acids is 1. The molecule has 1 aromatic rings. The van der Waals surface area contributed by atoms with E-state index in [9.17, 15) is 9.18 Å². The van der Waals surface area contributed by atoms with E-state index >= 15 is 0 Å². The third kappa shape index (κ3) is 2.79. The highest BCUT2D eigenvalue weighted by molar-refractivity contribution is 5.74. The molecule has 0 aromatic carbocycles. The minimum absolute atomic E-state index is 0.0125. The van der Waals surface area contributed by atoms with E-state index in [2.05, 4.69) is 4.98 Å². The van der Waals surface area contributed by atoms with Crippen molar-refractivity contribution >= 4 is 5.91 Å². The van der Waals surface area contributed by atoms with Gasteiger partial charge in [0, 0.05) is 6.42 Å². The van der Waals surface area contributed by atoms with Crippen molar-refractivity contribution < 1.29 is 9.18 Å². The second kappa shape index (κ2) is 3.95. The number of nitrogens with two attached hydrogens (primary N) is 2. The first-order valence-corrected chi connectivity index (χ1v) is 3.75. The van der Waals surface area contributed by atoms with Gasteiger partial charge in [0.05, 0.1) is 17.9 Å². The van der Waals surface area contributed by atoms with Crippen LogP contribution in [0, 0.1) is 5.82 Å². The Hall–Kier alpha value is -1.49. The number of amides is 1. The van der Waals surface area contributed by atoms with E-state index in [4.69, 9.17) is 11.5 Å². The van der Waals surface area contributed by atoms with Crippen molar-refractivity contribution in [2.45, 2.75) is 12.5 Å². The Morgan fingerprint density at radius 3 is 2.77 bits per heavy atom. The van der Waals surface area contributed by atoms with Crippen LogP contribution in [0.2, 0.25) is 0 Å². The quantitative estimate of drug-likeness (QED) is 0.697. The van der Waals surface area contributed by atoms with E-state index in [1.165, 1.54) is 12.1 Å². The Balaban J connectivity index is 2.71. The molecule has 1 rings (SSSR count). The molecule has 0 aliphatic carbocycles. The standard InChI is InChI=1S/C8H10FN3O/c9-5-1-2-7(12-4-5)6(10)3-8(11)13/h1-2,4,6H,3,10H2,(H2,11,13)/t6-/m1/s1. The molecule has 0 aliphatic rings. The lowest BCUT2D eigenvalue weighted by Crippen LogP contribution is -2.21. The molecular formula is C8H10FN3O. The summed E-state index contributed by atoms with van der Waals surface area (Å²) in [5, 5.41) is 0. The summed E-state index contributed by atoms with van der Waals surface area (Å²) in [5.74, 6) is -0.936. The number of halogens is 1. The number of aromatic nitrogens is 1. The van der Waals surface area contributed by atoms with Crippen LogP contribution in [0.4, 0.5) is 4.39 Å². The van der Waals surface area contributed by atoms with Crippen molar-refractivity contribution in [3.8, 4) is 0 Å². The lowest BCUT2D eigenvalue weighted by atomic mass is 10.1. The van der Waals surface area contributed by atoms with Gasteiger partial charge in [0.2, 0.25) is 5.91 Å². The first-order chi connectivity index (χ1) is 6.09. The molecule has 13 heavy (non-hydrogen) atoms. The van der Waals surface area contributed by atoms with Gasteiger partial charge in [-0.05, 0) is 12.1 Å². The van der Waals surface area contributed by atoms with Gasteiger partial charge in [-0.2, -0.15) is 0 Å². The Kier molecular flexibility index (Phi) is 2.92. The van der Waals surface area contributed by atoms with E-state index in [-0.39, 0.29) is 6.42 Å². The van der Waals surface area contributed by atoms with Crippen LogP contribution in [-0.4, -0.2) is 10.9 Å². The monoisotopic (exact) mass is 183 g/mol. The summed E-state index contributed by atoms with van der Waals surface area (Å²) >= 11 is 0. The average Bonchev–Trinajstić information content (AvgIpc) is 2.04. The highest BCUT2D eigenvalue weighted by Crippen LogP contribution is 2.10. The molecule has 0 radical (unpaired) electrons. The molecule has 4 nitrogen and oxygen atoms in total. The van der Waals surface area contributed by atoms with Gasteiger partial charge in [0.1, 0.15) is 5.82 Å². The summed E-state index contributed by atoms with van der Waals surface area (Å²) in [6, 6.07) is 2.12. The van der Waals surface area contributed by atoms with Crippen LogP contribution < -0.4 is 11.5 Å². The van der Waals surface area contributed by atoms with Crippen LogP contribution >= 0.6 is 0 Å². The van der Waals surface area contributed by atoms with E-state index in [0.717, 1.165) is 6.20 Å². The van der Waals surface area contributed by atoms with Crippen molar-refractivity contribution in [2.24, 2.45) is 11.5 Å². The zero-order valence-corrected chi connectivity index (χ0v) is 6.90. The van der Waals surface area contributed by atoms with E-state index in [1.54, 1.807) is 0 Å². The van der Waals surface area contributed by atoms with Gasteiger partial charge in [-0.3, -0.25) is 9.78 Å². The van der Waals surface area contributed by atoms with Crippen molar-refractivity contribution in [1.82, 2.24) is 4.98 Å². The van der Waals surface area contributed by atoms with Crippen molar-refractivity contribution in [3.05, 3.63) is 29.8 Å². The van der Waals surface area contributed by atoms with Gasteiger partial charge in [-0.1, -0.05) is 0 Å². The first-order valence-electron chi connectivity index (χ1n) is 3.75. The molecule has 0 saturated heterocycles. The van der Waals surface area contributed by atoms with Gasteiger partial charge in [0.25, 0.3) is 0 Å². The van der Waals surface area contributed by atoms with Crippen molar-refractivity contribution in [3.63, 3.8) is 0 Å². The molecular weight excluding hydrogens is 173 g/mol. The topological polar surface area (TPSA) is 82.0 Å². The summed E-state index contributed by atoms with van der Waals surface area (Å²) in [6.45, 7) is 0. The number of rotatable bonds is 3. The maximum absolute atomic E-state index is 12.4. The number of pyridine rings is 1. The Labute approximate surface area is 74.8 Å². The fourth-order valence-electron chi connectivity index (χ4n) is 0.928. The Bertz CT molecular complexity index is 299. The van der Waals surface area contributed by atoms with Crippen LogP contribution in [0.3, 0.4) is 0 Å². The van der Waals surface area contributed by atoms with Gasteiger partial charge in [-0.15, -0.1) is 0 Å². The number of hydrogen-bond acceptors (Lipinski definition) is 3. The molecule has 0 bridgehead atoms. The maximum Gasteiger partial charge on any atom is 0.219 e. The largest absolute Gasteiger partial charge is 0.370 e. The zero-order valence-electron chi connectivity index (χ0n) is 6.90. The van der Waals surface area contributed by atoms with Crippen LogP contribution in [-0.2, 0) is 4.79 Å². The molecule has 5 heteroatoms. The summed E-state index contributed by atoms with van der Waals surface area (Å²) in [6.07, 6.45) is 1.06. The number of carbonyl (C=O) groups is 1. The fraction of sp³-hybridized carbons (Fsp3) is 0.250. The van der Waals surface area contributed by atoms with E-state index < -0.39 is 17.8 Å². The lowest BCUT2D eigenvalue weighted by Gasteiger charge is -2.07. The van der Waals surface area contributed by atoms with E-state index in [0.29, 0.717) is 5.69 Å². The van der Waals surface area contributed by atoms with Crippen LogP contribution in [0.5, 0.6) is 0 Å². The third-order valence-electron chi connectivity index (χ3n) is 1.55. The van der Waals surface area contributed by atoms with Gasteiger partial charge in [0.15, 0.2) is 0 Å². The van der Waals surface area contributed by atoms with E-state index in [1.807, 2.05) is 0 Å². The molecule has 1 amide bonds. The summed E-state index contributed by atoms with van der Waals surface area (Å²) in [7, 11) is 0. The van der Waals surface area contributed by atoms with Crippen LogP contribution in [0.15, 0.2) is 18.3 Å². The van der Waals surface area contributed by atoms with Gasteiger partial charge in [-0.25, -0.2) is 4.39 Å². The minimum atomic E-state index is -0.557. The minimum Gasteiger partial charge on any atom is -0.370 e. The number of primary amides is 1. The number of hydrogen-bond donors (Lipinski definition) is 2. The molecule has 4 N–H and O–H groups in total. The summed E-state index contributed by atoms with van der Waals surface area (Å²) in [5.41, 5.74) is 11.0. The normalized spacial score (nSPS) is 12.5. The predicted molar refractivity (Wildman–Crippen MR) is 44.9 cm³/mol. The Morgan fingerprint density at radius 1 is 1.62 bits per heavy atom. The zero-order chi connectivity index (χ0) is 9.84. The lowest BCUT2D eigenvalue weighted by molar-refractivity contribution is -0.118. The molecule has 0 fully saturated rings. The highest BCUT2D eigenvalue weighted by Gasteiger charge is 2.09. The van der Waals surface area contributed by atoms with Crippen LogP contribution in [0.25, 0.3) is 0 Å². The second-order valence-electron chi connectivity index (χ2n) is 2.68. The highest BCUT2D eigenvalue weighted by atomic mass is 19.1. The molecule has 0 aliphatic heterocycles. The van der Waals surface area contributed by atoms with Gasteiger partial charge < -0.3 is 11.5 Å². The molecule has 70 valence electrons. The van der Waals surface area contributed by atoms with Gasteiger partial charge >= 0.3 is 0 Å². The molecule has 0 saturated carbocycles. The average molecular weight is 183 g/mol. The second-order valence-corrected chi connectivity index (χ2v) is 2.68.